The number of benzene rings is 1. The molecule has 0 saturated carbocycles. The maximum Gasteiger partial charge on any atom is 0.104 e. The van der Waals surface area contributed by atoms with Crippen LogP contribution in [0.3, 0.4) is 0 Å². The zero-order valence-electron chi connectivity index (χ0n) is 9.86. The molecule has 0 amide bonds. The third-order valence-corrected chi connectivity index (χ3v) is 2.78. The zero-order valence-corrected chi connectivity index (χ0v) is 9.86. The van der Waals surface area contributed by atoms with Crippen molar-refractivity contribution in [3.63, 3.8) is 0 Å². The van der Waals surface area contributed by atoms with E-state index in [0.717, 1.165) is 33.8 Å². The summed E-state index contributed by atoms with van der Waals surface area (Å²) in [6.45, 7) is 3.97. The average Bonchev–Trinajstić information content (AvgIpc) is 2.68. The number of rotatable bonds is 1. The Morgan fingerprint density at radius 3 is 2.71 bits per heavy atom. The molecule has 3 heteroatoms. The van der Waals surface area contributed by atoms with E-state index in [0.29, 0.717) is 0 Å². The Labute approximate surface area is 99.5 Å². The molecular formula is C14H13N3. The summed E-state index contributed by atoms with van der Waals surface area (Å²) in [6.07, 6.45) is 0. The average molecular weight is 223 g/mol. The van der Waals surface area contributed by atoms with Gasteiger partial charge in [-0.05, 0) is 38.1 Å². The Bertz CT molecular complexity index is 683. The van der Waals surface area contributed by atoms with Crippen LogP contribution in [0.2, 0.25) is 0 Å². The summed E-state index contributed by atoms with van der Waals surface area (Å²) in [5.74, 6) is 0.939. The number of aryl methyl sites for hydroxylation is 2. The van der Waals surface area contributed by atoms with Crippen molar-refractivity contribution in [1.29, 1.82) is 0 Å². The second-order valence-electron chi connectivity index (χ2n) is 4.22. The molecule has 3 aromatic rings. The molecule has 0 radical (unpaired) electrons. The van der Waals surface area contributed by atoms with Crippen molar-refractivity contribution in [2.24, 2.45) is 0 Å². The van der Waals surface area contributed by atoms with Gasteiger partial charge < -0.3 is 4.98 Å². The van der Waals surface area contributed by atoms with Crippen LogP contribution in [0.1, 0.15) is 11.5 Å². The number of H-pyrrole nitrogens is 1. The first-order valence-electron chi connectivity index (χ1n) is 5.63. The van der Waals surface area contributed by atoms with E-state index in [-0.39, 0.29) is 0 Å². The fraction of sp³-hybridized carbons (Fsp3) is 0.143. The van der Waals surface area contributed by atoms with Crippen LogP contribution in [0.15, 0.2) is 36.4 Å². The van der Waals surface area contributed by atoms with Crippen LogP contribution in [-0.4, -0.2) is 15.0 Å². The van der Waals surface area contributed by atoms with Gasteiger partial charge in [0.25, 0.3) is 0 Å². The van der Waals surface area contributed by atoms with Gasteiger partial charge in [-0.3, -0.25) is 4.98 Å². The Morgan fingerprint density at radius 1 is 1.00 bits per heavy atom. The van der Waals surface area contributed by atoms with E-state index in [1.165, 1.54) is 0 Å². The summed E-state index contributed by atoms with van der Waals surface area (Å²) in [5.41, 5.74) is 5.20. The summed E-state index contributed by atoms with van der Waals surface area (Å²) in [5, 5.41) is 0. The highest BCUT2D eigenvalue weighted by atomic mass is 14.9. The quantitative estimate of drug-likeness (QED) is 0.688. The molecular weight excluding hydrogens is 210 g/mol. The van der Waals surface area contributed by atoms with E-state index >= 15 is 0 Å². The molecule has 0 spiro atoms. The molecule has 0 saturated heterocycles. The standard InChI is InChI=1S/C14H13N3/c1-9-4-3-5-12(15-9)11-6-7-13-14(8-11)17-10(2)16-13/h3-8H,1-2H3,(H,16,17). The summed E-state index contributed by atoms with van der Waals surface area (Å²) in [6, 6.07) is 12.2. The number of imidazole rings is 1. The van der Waals surface area contributed by atoms with E-state index in [1.807, 2.05) is 38.1 Å². The molecule has 1 N–H and O–H groups in total. The van der Waals surface area contributed by atoms with Gasteiger partial charge in [-0.2, -0.15) is 0 Å². The smallest absolute Gasteiger partial charge is 0.104 e. The van der Waals surface area contributed by atoms with Gasteiger partial charge in [0.05, 0.1) is 16.7 Å². The van der Waals surface area contributed by atoms with Gasteiger partial charge in [-0.15, -0.1) is 0 Å². The van der Waals surface area contributed by atoms with Crippen molar-refractivity contribution in [3.8, 4) is 11.3 Å². The number of aromatic nitrogens is 3. The van der Waals surface area contributed by atoms with Crippen LogP contribution in [0.4, 0.5) is 0 Å². The van der Waals surface area contributed by atoms with Crippen LogP contribution in [0.25, 0.3) is 22.3 Å². The Hall–Kier alpha value is -2.16. The van der Waals surface area contributed by atoms with Crippen LogP contribution in [0, 0.1) is 13.8 Å². The maximum atomic E-state index is 4.52. The lowest BCUT2D eigenvalue weighted by Crippen LogP contribution is -1.85. The summed E-state index contributed by atoms with van der Waals surface area (Å²) < 4.78 is 0. The third kappa shape index (κ3) is 1.80. The van der Waals surface area contributed by atoms with Gasteiger partial charge in [0.15, 0.2) is 0 Å². The topological polar surface area (TPSA) is 41.6 Å². The van der Waals surface area contributed by atoms with Gasteiger partial charge in [0.1, 0.15) is 5.82 Å². The fourth-order valence-corrected chi connectivity index (χ4v) is 2.00. The number of nitrogens with zero attached hydrogens (tertiary/aromatic N) is 2. The minimum absolute atomic E-state index is 0.939. The summed E-state index contributed by atoms with van der Waals surface area (Å²) in [7, 11) is 0. The zero-order chi connectivity index (χ0) is 11.8. The van der Waals surface area contributed by atoms with Gasteiger partial charge >= 0.3 is 0 Å². The Balaban J connectivity index is 2.17. The molecule has 3 rings (SSSR count). The van der Waals surface area contributed by atoms with Gasteiger partial charge in [-0.25, -0.2) is 4.98 Å². The highest BCUT2D eigenvalue weighted by Crippen LogP contribution is 2.21. The SMILES string of the molecule is Cc1cccc(-c2ccc3nc(C)[nH]c3c2)n1. The van der Waals surface area contributed by atoms with Gasteiger partial charge in [-0.1, -0.05) is 12.1 Å². The van der Waals surface area contributed by atoms with Crippen molar-refractivity contribution in [2.75, 3.05) is 0 Å². The number of nitrogens with one attached hydrogen (secondary N) is 1. The van der Waals surface area contributed by atoms with Crippen LogP contribution in [-0.2, 0) is 0 Å². The molecule has 0 aliphatic heterocycles. The number of aromatic amines is 1. The van der Waals surface area contributed by atoms with Gasteiger partial charge in [0.2, 0.25) is 0 Å². The molecule has 0 atom stereocenters. The summed E-state index contributed by atoms with van der Waals surface area (Å²) in [4.78, 5) is 12.2. The highest BCUT2D eigenvalue weighted by molar-refractivity contribution is 5.81. The monoisotopic (exact) mass is 223 g/mol. The molecule has 2 aromatic heterocycles. The lowest BCUT2D eigenvalue weighted by Gasteiger charge is -2.01. The predicted octanol–water partition coefficient (Wildman–Crippen LogP) is 3.24. The third-order valence-electron chi connectivity index (χ3n) is 2.78. The number of hydrogen-bond acceptors (Lipinski definition) is 2. The lowest BCUT2D eigenvalue weighted by atomic mass is 10.1. The van der Waals surface area contributed by atoms with E-state index < -0.39 is 0 Å². The van der Waals surface area contributed by atoms with E-state index in [1.54, 1.807) is 0 Å². The van der Waals surface area contributed by atoms with Crippen LogP contribution in [0.5, 0.6) is 0 Å². The molecule has 2 heterocycles. The first-order chi connectivity index (χ1) is 8.22. The lowest BCUT2D eigenvalue weighted by molar-refractivity contribution is 1.17. The van der Waals surface area contributed by atoms with Crippen molar-refractivity contribution in [2.45, 2.75) is 13.8 Å². The minimum Gasteiger partial charge on any atom is -0.342 e. The number of fused-ring (bicyclic) bond motifs is 1. The molecule has 0 fully saturated rings. The second kappa shape index (κ2) is 3.70. The van der Waals surface area contributed by atoms with Crippen molar-refractivity contribution < 1.29 is 0 Å². The molecule has 3 nitrogen and oxygen atoms in total. The highest BCUT2D eigenvalue weighted by Gasteiger charge is 2.03. The second-order valence-corrected chi connectivity index (χ2v) is 4.22. The Kier molecular flexibility index (Phi) is 2.18. The van der Waals surface area contributed by atoms with Crippen molar-refractivity contribution in [3.05, 3.63) is 47.9 Å². The first-order valence-corrected chi connectivity index (χ1v) is 5.63. The molecule has 17 heavy (non-hydrogen) atoms. The molecule has 0 bridgehead atoms. The minimum atomic E-state index is 0.939. The van der Waals surface area contributed by atoms with Gasteiger partial charge in [0, 0.05) is 11.3 Å². The largest absolute Gasteiger partial charge is 0.342 e. The first kappa shape index (κ1) is 10.0. The molecule has 84 valence electrons. The maximum absolute atomic E-state index is 4.52. The number of pyridine rings is 1. The van der Waals surface area contributed by atoms with E-state index in [9.17, 15) is 0 Å². The summed E-state index contributed by atoms with van der Waals surface area (Å²) >= 11 is 0. The molecule has 0 aliphatic carbocycles. The molecule has 0 aliphatic rings. The predicted molar refractivity (Wildman–Crippen MR) is 68.8 cm³/mol. The normalized spacial score (nSPS) is 10.9. The van der Waals surface area contributed by atoms with E-state index in [4.69, 9.17) is 0 Å². The fourth-order valence-electron chi connectivity index (χ4n) is 2.00. The van der Waals surface area contributed by atoms with E-state index in [2.05, 4.69) is 27.1 Å². The number of hydrogen-bond donors (Lipinski definition) is 1. The van der Waals surface area contributed by atoms with Crippen LogP contribution < -0.4 is 0 Å². The van der Waals surface area contributed by atoms with Crippen LogP contribution >= 0.6 is 0 Å². The Morgan fingerprint density at radius 2 is 1.88 bits per heavy atom. The van der Waals surface area contributed by atoms with Crippen molar-refractivity contribution >= 4 is 11.0 Å². The molecule has 1 aromatic carbocycles. The van der Waals surface area contributed by atoms with Crippen molar-refractivity contribution in [1.82, 2.24) is 15.0 Å². The molecule has 0 unspecified atom stereocenters.